The Morgan fingerprint density at radius 3 is 2.76 bits per heavy atom. The monoisotopic (exact) mass is 344 g/mol. The summed E-state index contributed by atoms with van der Waals surface area (Å²) in [4.78, 5) is 2.41. The van der Waals surface area contributed by atoms with E-state index in [0.29, 0.717) is 12.6 Å². The molecule has 0 bridgehead atoms. The minimum absolute atomic E-state index is 0.0156. The van der Waals surface area contributed by atoms with Crippen LogP contribution in [0.15, 0.2) is 48.5 Å². The summed E-state index contributed by atoms with van der Waals surface area (Å²) in [6.45, 7) is 3.14. The van der Waals surface area contributed by atoms with E-state index in [1.54, 1.807) is 12.1 Å². The molecule has 1 saturated heterocycles. The lowest BCUT2D eigenvalue weighted by Gasteiger charge is -2.34. The number of hydrogen-bond donors (Lipinski definition) is 2. The van der Waals surface area contributed by atoms with Crippen LogP contribution in [-0.2, 0) is 6.54 Å². The van der Waals surface area contributed by atoms with Gasteiger partial charge in [-0.1, -0.05) is 18.2 Å². The fourth-order valence-electron chi connectivity index (χ4n) is 3.27. The molecule has 0 radical (unpaired) electrons. The predicted molar refractivity (Wildman–Crippen MR) is 97.3 cm³/mol. The number of halogens is 1. The third-order valence-corrected chi connectivity index (χ3v) is 4.44. The van der Waals surface area contributed by atoms with Crippen molar-refractivity contribution in [3.63, 3.8) is 0 Å². The molecule has 134 valence electrons. The lowest BCUT2D eigenvalue weighted by Crippen LogP contribution is -2.41. The Labute approximate surface area is 148 Å². The number of ether oxygens (including phenoxy) is 1. The summed E-state index contributed by atoms with van der Waals surface area (Å²) < 4.78 is 18.7. The van der Waals surface area contributed by atoms with E-state index in [4.69, 9.17) is 9.84 Å². The van der Waals surface area contributed by atoms with Gasteiger partial charge in [-0.05, 0) is 49.7 Å². The predicted octanol–water partition coefficient (Wildman–Crippen LogP) is 3.27. The second-order valence-corrected chi connectivity index (χ2v) is 6.41. The molecule has 2 N–H and O–H groups in total. The maximum atomic E-state index is 13.0. The van der Waals surface area contributed by atoms with E-state index >= 15 is 0 Å². The summed E-state index contributed by atoms with van der Waals surface area (Å²) in [5.74, 6) is 0.625. The van der Waals surface area contributed by atoms with Gasteiger partial charge in [0.2, 0.25) is 0 Å². The van der Waals surface area contributed by atoms with Crippen LogP contribution in [-0.4, -0.2) is 42.4 Å². The average molecular weight is 344 g/mol. The van der Waals surface area contributed by atoms with E-state index in [1.807, 2.05) is 18.2 Å². The van der Waals surface area contributed by atoms with Crippen molar-refractivity contribution in [2.75, 3.05) is 31.6 Å². The number of nitrogens with zero attached hydrogens (tertiary/aromatic N) is 1. The smallest absolute Gasteiger partial charge is 0.123 e. The van der Waals surface area contributed by atoms with Crippen LogP contribution in [0.1, 0.15) is 18.4 Å². The van der Waals surface area contributed by atoms with Gasteiger partial charge in [0.1, 0.15) is 18.2 Å². The second kappa shape index (κ2) is 8.83. The summed E-state index contributed by atoms with van der Waals surface area (Å²) in [6, 6.07) is 14.9. The molecule has 1 heterocycles. The number of likely N-dealkylation sites (tertiary alicyclic amines) is 1. The molecule has 0 aliphatic carbocycles. The number of benzene rings is 2. The van der Waals surface area contributed by atoms with E-state index in [0.717, 1.165) is 49.5 Å². The van der Waals surface area contributed by atoms with Gasteiger partial charge in [0.15, 0.2) is 0 Å². The Balaban J connectivity index is 1.59. The minimum atomic E-state index is -0.213. The van der Waals surface area contributed by atoms with Crippen LogP contribution >= 0.6 is 0 Å². The van der Waals surface area contributed by atoms with E-state index in [-0.39, 0.29) is 12.4 Å². The number of anilines is 1. The van der Waals surface area contributed by atoms with Gasteiger partial charge < -0.3 is 15.2 Å². The first kappa shape index (κ1) is 17.7. The third kappa shape index (κ3) is 5.18. The Bertz CT molecular complexity index is 663. The Morgan fingerprint density at radius 1 is 1.16 bits per heavy atom. The second-order valence-electron chi connectivity index (χ2n) is 6.41. The molecule has 2 aromatic carbocycles. The van der Waals surface area contributed by atoms with Gasteiger partial charge in [0.25, 0.3) is 0 Å². The maximum Gasteiger partial charge on any atom is 0.123 e. The average Bonchev–Trinajstić information content (AvgIpc) is 2.63. The number of aliphatic hydroxyl groups is 1. The zero-order valence-electron chi connectivity index (χ0n) is 14.3. The number of nitrogens with one attached hydrogen (secondary N) is 1. The third-order valence-electron chi connectivity index (χ3n) is 4.44. The molecular formula is C20H25FN2O2. The van der Waals surface area contributed by atoms with Crippen LogP contribution in [0.25, 0.3) is 0 Å². The molecule has 0 saturated carbocycles. The highest BCUT2D eigenvalue weighted by atomic mass is 19.1. The zero-order valence-corrected chi connectivity index (χ0v) is 14.3. The largest absolute Gasteiger partial charge is 0.491 e. The lowest BCUT2D eigenvalue weighted by atomic mass is 10.0. The van der Waals surface area contributed by atoms with Crippen molar-refractivity contribution in [1.82, 2.24) is 4.90 Å². The fraction of sp³-hybridized carbons (Fsp3) is 0.400. The van der Waals surface area contributed by atoms with Gasteiger partial charge in [-0.3, -0.25) is 4.90 Å². The van der Waals surface area contributed by atoms with Crippen LogP contribution in [0.3, 0.4) is 0 Å². The van der Waals surface area contributed by atoms with Gasteiger partial charge in [0, 0.05) is 30.4 Å². The molecule has 4 nitrogen and oxygen atoms in total. The van der Waals surface area contributed by atoms with Crippen LogP contribution in [0.4, 0.5) is 10.1 Å². The Morgan fingerprint density at radius 2 is 1.96 bits per heavy atom. The lowest BCUT2D eigenvalue weighted by molar-refractivity contribution is 0.189. The Kier molecular flexibility index (Phi) is 6.25. The Hall–Kier alpha value is -2.11. The van der Waals surface area contributed by atoms with Crippen molar-refractivity contribution in [2.45, 2.75) is 25.4 Å². The summed E-state index contributed by atoms with van der Waals surface area (Å²) in [6.07, 6.45) is 2.23. The van der Waals surface area contributed by atoms with E-state index < -0.39 is 0 Å². The van der Waals surface area contributed by atoms with Gasteiger partial charge >= 0.3 is 0 Å². The zero-order chi connectivity index (χ0) is 17.5. The number of hydrogen-bond acceptors (Lipinski definition) is 4. The highest BCUT2D eigenvalue weighted by molar-refractivity contribution is 5.44. The first-order valence-electron chi connectivity index (χ1n) is 8.80. The van der Waals surface area contributed by atoms with E-state index in [2.05, 4.69) is 16.3 Å². The summed E-state index contributed by atoms with van der Waals surface area (Å²) in [5, 5.41) is 12.5. The maximum absolute atomic E-state index is 13.0. The molecule has 1 aliphatic heterocycles. The van der Waals surface area contributed by atoms with E-state index in [9.17, 15) is 4.39 Å². The van der Waals surface area contributed by atoms with Crippen LogP contribution in [0.2, 0.25) is 0 Å². The summed E-state index contributed by atoms with van der Waals surface area (Å²) in [5.41, 5.74) is 2.10. The molecule has 0 amide bonds. The molecule has 25 heavy (non-hydrogen) atoms. The number of rotatable bonds is 7. The van der Waals surface area contributed by atoms with Gasteiger partial charge in [-0.2, -0.15) is 0 Å². The van der Waals surface area contributed by atoms with E-state index in [1.165, 1.54) is 12.1 Å². The summed E-state index contributed by atoms with van der Waals surface area (Å²) in [7, 11) is 0. The normalized spacial score (nSPS) is 18.1. The highest BCUT2D eigenvalue weighted by Gasteiger charge is 2.20. The molecule has 1 aliphatic rings. The first-order valence-corrected chi connectivity index (χ1v) is 8.80. The quantitative estimate of drug-likeness (QED) is 0.809. The van der Waals surface area contributed by atoms with Crippen LogP contribution < -0.4 is 10.1 Å². The molecule has 1 atom stereocenters. The molecule has 0 unspecified atom stereocenters. The van der Waals surface area contributed by atoms with Crippen molar-refractivity contribution >= 4 is 5.69 Å². The number of piperidine rings is 1. The number of aliphatic hydroxyl groups excluding tert-OH is 1. The molecule has 0 aromatic heterocycles. The van der Waals surface area contributed by atoms with Crippen molar-refractivity contribution in [3.05, 3.63) is 59.9 Å². The van der Waals surface area contributed by atoms with Gasteiger partial charge in [-0.15, -0.1) is 0 Å². The van der Waals surface area contributed by atoms with Gasteiger partial charge in [-0.25, -0.2) is 4.39 Å². The van der Waals surface area contributed by atoms with Crippen molar-refractivity contribution in [2.24, 2.45) is 0 Å². The molecule has 2 aromatic rings. The van der Waals surface area contributed by atoms with Crippen molar-refractivity contribution in [1.29, 1.82) is 0 Å². The first-order chi connectivity index (χ1) is 12.2. The fourth-order valence-corrected chi connectivity index (χ4v) is 3.27. The van der Waals surface area contributed by atoms with Crippen molar-refractivity contribution in [3.8, 4) is 5.75 Å². The van der Waals surface area contributed by atoms with Gasteiger partial charge in [0.05, 0.1) is 6.61 Å². The molecule has 1 fully saturated rings. The molecule has 5 heteroatoms. The SMILES string of the molecule is OCCOc1ccccc1CN1CCC[C@H](Nc2ccc(F)cc2)C1. The molecular weight excluding hydrogens is 319 g/mol. The van der Waals surface area contributed by atoms with Crippen LogP contribution in [0.5, 0.6) is 5.75 Å². The van der Waals surface area contributed by atoms with Crippen molar-refractivity contribution < 1.29 is 14.2 Å². The minimum Gasteiger partial charge on any atom is -0.491 e. The number of para-hydroxylation sites is 1. The topological polar surface area (TPSA) is 44.7 Å². The molecule has 0 spiro atoms. The summed E-state index contributed by atoms with van der Waals surface area (Å²) >= 11 is 0. The highest BCUT2D eigenvalue weighted by Crippen LogP contribution is 2.23. The van der Waals surface area contributed by atoms with Crippen LogP contribution in [0, 0.1) is 5.82 Å². The molecule has 3 rings (SSSR count). The standard InChI is InChI=1S/C20H25FN2O2/c21-17-7-9-18(10-8-17)22-19-5-3-11-23(15-19)14-16-4-1-2-6-20(16)25-13-12-24/h1-2,4,6-10,19,22,24H,3,5,11-15H2/t19-/m0/s1.